The van der Waals surface area contributed by atoms with Crippen LogP contribution in [-0.2, 0) is 38.0 Å². The second-order valence-corrected chi connectivity index (χ2v) is 7.19. The van der Waals surface area contributed by atoms with Gasteiger partial charge in [-0.2, -0.15) is 0 Å². The molecule has 0 bridgehead atoms. The molecule has 0 aliphatic rings. The number of ether oxygens (including phenoxy) is 7. The van der Waals surface area contributed by atoms with Gasteiger partial charge in [0.2, 0.25) is 0 Å². The Bertz CT molecular complexity index is 392. The van der Waals surface area contributed by atoms with Gasteiger partial charge < -0.3 is 33.2 Å². The van der Waals surface area contributed by atoms with E-state index in [2.05, 4.69) is 13.5 Å². The molecule has 0 spiro atoms. The van der Waals surface area contributed by atoms with Crippen molar-refractivity contribution in [2.75, 3.05) is 79.3 Å². The Morgan fingerprint density at radius 3 is 1.47 bits per heavy atom. The Kier molecular flexibility index (Phi) is 26.8. The second-order valence-electron chi connectivity index (χ2n) is 7.19. The summed E-state index contributed by atoms with van der Waals surface area (Å²) in [5.41, 5.74) is 0. The van der Waals surface area contributed by atoms with Crippen molar-refractivity contribution in [3.05, 3.63) is 12.8 Å². The largest absolute Gasteiger partial charge is 0.499 e. The Morgan fingerprint density at radius 2 is 1.00 bits per heavy atom. The van der Waals surface area contributed by atoms with Gasteiger partial charge in [-0.05, 0) is 6.42 Å². The highest BCUT2D eigenvalue weighted by Gasteiger charge is 2.02. The first-order chi connectivity index (χ1) is 15.8. The van der Waals surface area contributed by atoms with Gasteiger partial charge in [0, 0.05) is 6.42 Å². The number of carbonyl (C=O) groups is 1. The number of unbranched alkanes of at least 4 members (excludes halogenated alkanes) is 6. The van der Waals surface area contributed by atoms with E-state index in [-0.39, 0.29) is 5.97 Å². The van der Waals surface area contributed by atoms with Crippen molar-refractivity contribution in [2.45, 2.75) is 58.3 Å². The molecule has 0 N–H and O–H groups in total. The van der Waals surface area contributed by atoms with E-state index in [9.17, 15) is 4.79 Å². The van der Waals surface area contributed by atoms with Crippen molar-refractivity contribution >= 4 is 5.97 Å². The number of carbonyl (C=O) groups excluding carboxylic acids is 1. The third kappa shape index (κ3) is 26.8. The molecule has 0 saturated carbocycles. The highest BCUT2D eigenvalue weighted by molar-refractivity contribution is 5.69. The van der Waals surface area contributed by atoms with Crippen LogP contribution in [0.3, 0.4) is 0 Å². The second kappa shape index (κ2) is 27.8. The molecule has 8 nitrogen and oxygen atoms in total. The van der Waals surface area contributed by atoms with Crippen LogP contribution < -0.4 is 0 Å². The van der Waals surface area contributed by atoms with Gasteiger partial charge >= 0.3 is 5.97 Å². The van der Waals surface area contributed by atoms with Crippen molar-refractivity contribution < 1.29 is 38.0 Å². The summed E-state index contributed by atoms with van der Waals surface area (Å²) in [5.74, 6) is -0.134. The fourth-order valence-electron chi connectivity index (χ4n) is 2.69. The summed E-state index contributed by atoms with van der Waals surface area (Å²) >= 11 is 0. The summed E-state index contributed by atoms with van der Waals surface area (Å²) in [4.78, 5) is 11.6. The molecule has 0 unspecified atom stereocenters. The van der Waals surface area contributed by atoms with Crippen LogP contribution in [0.15, 0.2) is 12.8 Å². The van der Waals surface area contributed by atoms with E-state index in [0.717, 1.165) is 12.8 Å². The molecule has 0 aliphatic heterocycles. The van der Waals surface area contributed by atoms with E-state index in [4.69, 9.17) is 33.2 Å². The van der Waals surface area contributed by atoms with Gasteiger partial charge in [0.15, 0.2) is 0 Å². The Hall–Kier alpha value is -1.19. The smallest absolute Gasteiger partial charge is 0.305 e. The van der Waals surface area contributed by atoms with Crippen LogP contribution in [0.5, 0.6) is 0 Å². The fraction of sp³-hybridized carbons (Fsp3) is 0.875. The molecule has 0 fully saturated rings. The maximum Gasteiger partial charge on any atom is 0.305 e. The summed E-state index contributed by atoms with van der Waals surface area (Å²) in [7, 11) is 0. The van der Waals surface area contributed by atoms with E-state index in [0.29, 0.717) is 85.7 Å². The van der Waals surface area contributed by atoms with Gasteiger partial charge in [-0.25, -0.2) is 0 Å². The molecular formula is C24H46O8. The number of hydrogen-bond acceptors (Lipinski definition) is 8. The number of rotatable bonds is 27. The van der Waals surface area contributed by atoms with Crippen LogP contribution in [0.1, 0.15) is 58.3 Å². The highest BCUT2D eigenvalue weighted by Crippen LogP contribution is 2.08. The molecule has 0 heterocycles. The molecule has 0 rings (SSSR count). The van der Waals surface area contributed by atoms with Gasteiger partial charge in [0.25, 0.3) is 0 Å². The van der Waals surface area contributed by atoms with E-state index in [1.54, 1.807) is 0 Å². The number of hydrogen-bond donors (Lipinski definition) is 0. The van der Waals surface area contributed by atoms with Gasteiger partial charge in [0.05, 0.1) is 72.3 Å². The normalized spacial score (nSPS) is 10.9. The summed E-state index contributed by atoms with van der Waals surface area (Å²) in [6.07, 6.45) is 10.3. The van der Waals surface area contributed by atoms with Crippen LogP contribution in [0.4, 0.5) is 0 Å². The minimum atomic E-state index is -0.134. The van der Waals surface area contributed by atoms with Crippen molar-refractivity contribution in [2.24, 2.45) is 0 Å². The Morgan fingerprint density at radius 1 is 0.594 bits per heavy atom. The molecule has 0 saturated heterocycles. The summed E-state index contributed by atoms with van der Waals surface area (Å²) in [5, 5.41) is 0. The molecule has 8 heteroatoms. The number of esters is 1. The molecule has 0 aromatic heterocycles. The van der Waals surface area contributed by atoms with Crippen molar-refractivity contribution in [3.63, 3.8) is 0 Å². The van der Waals surface area contributed by atoms with Crippen LogP contribution in [-0.4, -0.2) is 85.3 Å². The van der Waals surface area contributed by atoms with Crippen LogP contribution in [0.2, 0.25) is 0 Å². The summed E-state index contributed by atoms with van der Waals surface area (Å²) < 4.78 is 37.0. The van der Waals surface area contributed by atoms with Gasteiger partial charge in [-0.15, -0.1) is 0 Å². The topological polar surface area (TPSA) is 81.7 Å². The molecule has 190 valence electrons. The molecular weight excluding hydrogens is 416 g/mol. The first kappa shape index (κ1) is 30.8. The average Bonchev–Trinajstić information content (AvgIpc) is 2.80. The molecule has 0 aromatic rings. The Labute approximate surface area is 194 Å². The van der Waals surface area contributed by atoms with E-state index >= 15 is 0 Å². The monoisotopic (exact) mass is 462 g/mol. The lowest BCUT2D eigenvalue weighted by molar-refractivity contribution is -0.145. The molecule has 0 aromatic carbocycles. The van der Waals surface area contributed by atoms with Crippen molar-refractivity contribution in [1.82, 2.24) is 0 Å². The zero-order valence-electron chi connectivity index (χ0n) is 20.2. The van der Waals surface area contributed by atoms with Gasteiger partial charge in [-0.1, -0.05) is 52.0 Å². The van der Waals surface area contributed by atoms with Crippen LogP contribution in [0, 0.1) is 0 Å². The lowest BCUT2D eigenvalue weighted by Gasteiger charge is -2.08. The van der Waals surface area contributed by atoms with Gasteiger partial charge in [-0.3, -0.25) is 4.79 Å². The molecule has 0 amide bonds. The third-order valence-corrected chi connectivity index (χ3v) is 4.43. The molecule has 0 aliphatic carbocycles. The first-order valence-corrected chi connectivity index (χ1v) is 12.1. The van der Waals surface area contributed by atoms with Crippen LogP contribution >= 0.6 is 0 Å². The minimum Gasteiger partial charge on any atom is -0.499 e. The molecule has 0 radical (unpaired) electrons. The van der Waals surface area contributed by atoms with Crippen molar-refractivity contribution in [3.8, 4) is 0 Å². The van der Waals surface area contributed by atoms with Gasteiger partial charge in [0.1, 0.15) is 13.2 Å². The predicted molar refractivity (Wildman–Crippen MR) is 124 cm³/mol. The molecule has 32 heavy (non-hydrogen) atoms. The zero-order chi connectivity index (χ0) is 23.4. The summed E-state index contributed by atoms with van der Waals surface area (Å²) in [6.45, 7) is 11.4. The first-order valence-electron chi connectivity index (χ1n) is 12.1. The van der Waals surface area contributed by atoms with Crippen molar-refractivity contribution in [1.29, 1.82) is 0 Å². The maximum absolute atomic E-state index is 11.6. The van der Waals surface area contributed by atoms with E-state index in [1.807, 2.05) is 0 Å². The lowest BCUT2D eigenvalue weighted by Crippen LogP contribution is -2.15. The third-order valence-electron chi connectivity index (χ3n) is 4.43. The average molecular weight is 463 g/mol. The fourth-order valence-corrected chi connectivity index (χ4v) is 2.69. The summed E-state index contributed by atoms with van der Waals surface area (Å²) in [6, 6.07) is 0. The SMILES string of the molecule is C=COCCOCCOCCOCCOCCOCCOC(=O)CCCCCCCCC. The zero-order valence-corrected chi connectivity index (χ0v) is 20.2. The Balaban J connectivity index is 3.11. The lowest BCUT2D eigenvalue weighted by atomic mass is 10.1. The standard InChI is InChI=1S/C24H46O8/c1-3-5-6-7-8-9-10-11-24(25)32-23-22-31-21-20-30-19-18-29-17-16-28-15-14-27-13-12-26-4-2/h4H,2-3,5-23H2,1H3. The minimum absolute atomic E-state index is 0.134. The van der Waals surface area contributed by atoms with Crippen LogP contribution in [0.25, 0.3) is 0 Å². The maximum atomic E-state index is 11.6. The van der Waals surface area contributed by atoms with E-state index in [1.165, 1.54) is 38.4 Å². The molecule has 0 atom stereocenters. The quantitative estimate of drug-likeness (QED) is 0.103. The predicted octanol–water partition coefficient (Wildman–Crippen LogP) is 3.91. The van der Waals surface area contributed by atoms with E-state index < -0.39 is 0 Å². The highest BCUT2D eigenvalue weighted by atomic mass is 16.6.